The Morgan fingerprint density at radius 1 is 1.06 bits per heavy atom. The van der Waals surface area contributed by atoms with Crippen molar-refractivity contribution in [3.05, 3.63) is 35.9 Å². The van der Waals surface area contributed by atoms with Crippen LogP contribution in [0.3, 0.4) is 0 Å². The molecule has 0 saturated carbocycles. The minimum absolute atomic E-state index is 0.800. The van der Waals surface area contributed by atoms with Crippen molar-refractivity contribution in [2.75, 3.05) is 26.2 Å². The van der Waals surface area contributed by atoms with Crippen LogP contribution in [0.25, 0.3) is 0 Å². The number of nitrogens with two attached hydrogens (primary N) is 1. The van der Waals surface area contributed by atoms with E-state index in [1.54, 1.807) is 0 Å². The highest BCUT2D eigenvalue weighted by Gasteiger charge is 2.22. The van der Waals surface area contributed by atoms with Gasteiger partial charge in [-0.25, -0.2) is 0 Å². The molecule has 90 valence electrons. The summed E-state index contributed by atoms with van der Waals surface area (Å²) in [6.45, 7) is 10.1. The highest BCUT2D eigenvalue weighted by molar-refractivity contribution is 5.13. The van der Waals surface area contributed by atoms with Crippen LogP contribution in [0.5, 0.6) is 0 Å². The summed E-state index contributed by atoms with van der Waals surface area (Å²) in [7, 11) is 0. The Kier molecular flexibility index (Phi) is 5.50. The van der Waals surface area contributed by atoms with Crippen LogP contribution in [0.15, 0.2) is 30.3 Å². The van der Waals surface area contributed by atoms with Crippen molar-refractivity contribution in [3.8, 4) is 0 Å². The van der Waals surface area contributed by atoms with Gasteiger partial charge in [0.2, 0.25) is 0 Å². The fraction of sp³-hybridized carbons (Fsp3) is 0.571. The van der Waals surface area contributed by atoms with Crippen LogP contribution >= 0.6 is 0 Å². The number of benzene rings is 1. The minimum Gasteiger partial charge on any atom is -0.330 e. The standard InChI is InChI=1S/C14H25N2/c1-3-16(4-2,12-8-11-15)13-14-9-6-5-7-10-14/h5-7,9-10H,3-4,8,11-13,15H2,1-2H3/q+1. The van der Waals surface area contributed by atoms with Gasteiger partial charge >= 0.3 is 0 Å². The van der Waals surface area contributed by atoms with Crippen LogP contribution in [-0.4, -0.2) is 30.7 Å². The van der Waals surface area contributed by atoms with Crippen molar-refractivity contribution >= 4 is 0 Å². The van der Waals surface area contributed by atoms with Gasteiger partial charge in [-0.05, 0) is 20.4 Å². The van der Waals surface area contributed by atoms with Gasteiger partial charge in [0.1, 0.15) is 6.54 Å². The first kappa shape index (κ1) is 13.2. The molecular weight excluding hydrogens is 196 g/mol. The van der Waals surface area contributed by atoms with Gasteiger partial charge in [-0.2, -0.15) is 0 Å². The molecule has 1 aromatic carbocycles. The average Bonchev–Trinajstić information content (AvgIpc) is 2.36. The van der Waals surface area contributed by atoms with E-state index in [0.717, 1.165) is 24.0 Å². The molecule has 2 N–H and O–H groups in total. The number of quaternary nitrogens is 1. The second-order valence-corrected chi connectivity index (χ2v) is 4.48. The zero-order valence-corrected chi connectivity index (χ0v) is 10.7. The first-order valence-electron chi connectivity index (χ1n) is 6.35. The van der Waals surface area contributed by atoms with E-state index in [1.807, 2.05) is 0 Å². The zero-order chi connectivity index (χ0) is 11.9. The molecule has 0 fully saturated rings. The summed E-state index contributed by atoms with van der Waals surface area (Å²) < 4.78 is 1.15. The van der Waals surface area contributed by atoms with Gasteiger partial charge in [0.15, 0.2) is 0 Å². The first-order chi connectivity index (χ1) is 7.76. The average molecular weight is 221 g/mol. The Balaban J connectivity index is 2.70. The Morgan fingerprint density at radius 3 is 2.19 bits per heavy atom. The van der Waals surface area contributed by atoms with Gasteiger partial charge in [0, 0.05) is 12.0 Å². The Labute approximate surface area is 99.7 Å². The number of nitrogens with zero attached hydrogens (tertiary/aromatic N) is 1. The van der Waals surface area contributed by atoms with Crippen LogP contribution in [0, 0.1) is 0 Å². The highest BCUT2D eigenvalue weighted by atomic mass is 15.3. The molecule has 0 aliphatic carbocycles. The molecule has 1 rings (SSSR count). The van der Waals surface area contributed by atoms with Gasteiger partial charge < -0.3 is 10.2 Å². The zero-order valence-electron chi connectivity index (χ0n) is 10.7. The normalized spacial score (nSPS) is 11.7. The summed E-state index contributed by atoms with van der Waals surface area (Å²) in [6.07, 6.45) is 1.12. The van der Waals surface area contributed by atoms with Crippen molar-refractivity contribution in [2.24, 2.45) is 5.73 Å². The van der Waals surface area contributed by atoms with E-state index in [9.17, 15) is 0 Å². The largest absolute Gasteiger partial charge is 0.330 e. The predicted molar refractivity (Wildman–Crippen MR) is 70.0 cm³/mol. The molecule has 2 heteroatoms. The Bertz CT molecular complexity index is 278. The molecule has 0 heterocycles. The molecule has 16 heavy (non-hydrogen) atoms. The highest BCUT2D eigenvalue weighted by Crippen LogP contribution is 2.14. The maximum Gasteiger partial charge on any atom is 0.104 e. The number of hydrogen-bond donors (Lipinski definition) is 1. The molecule has 0 atom stereocenters. The molecule has 0 amide bonds. The topological polar surface area (TPSA) is 26.0 Å². The summed E-state index contributed by atoms with van der Waals surface area (Å²) >= 11 is 0. The summed E-state index contributed by atoms with van der Waals surface area (Å²) in [6, 6.07) is 10.8. The van der Waals surface area contributed by atoms with E-state index in [2.05, 4.69) is 44.2 Å². The Morgan fingerprint density at radius 2 is 1.69 bits per heavy atom. The second-order valence-electron chi connectivity index (χ2n) is 4.48. The van der Waals surface area contributed by atoms with E-state index < -0.39 is 0 Å². The predicted octanol–water partition coefficient (Wildman–Crippen LogP) is 2.39. The Hall–Kier alpha value is -0.860. The molecular formula is C14H25N2+. The number of hydrogen-bond acceptors (Lipinski definition) is 1. The SMILES string of the molecule is CC[N+](CC)(CCCN)Cc1ccccc1. The molecule has 2 nitrogen and oxygen atoms in total. The van der Waals surface area contributed by atoms with Crippen molar-refractivity contribution in [3.63, 3.8) is 0 Å². The van der Waals surface area contributed by atoms with Crippen molar-refractivity contribution in [2.45, 2.75) is 26.8 Å². The van der Waals surface area contributed by atoms with Gasteiger partial charge in [0.05, 0.1) is 19.6 Å². The summed E-state index contributed by atoms with van der Waals surface area (Å²) in [5, 5.41) is 0. The molecule has 1 aromatic rings. The lowest BCUT2D eigenvalue weighted by molar-refractivity contribution is -0.937. The summed E-state index contributed by atoms with van der Waals surface area (Å²) in [4.78, 5) is 0. The monoisotopic (exact) mass is 221 g/mol. The van der Waals surface area contributed by atoms with Crippen LogP contribution in [0.4, 0.5) is 0 Å². The van der Waals surface area contributed by atoms with Crippen LogP contribution in [-0.2, 0) is 6.54 Å². The molecule has 0 radical (unpaired) electrons. The van der Waals surface area contributed by atoms with Gasteiger partial charge in [0.25, 0.3) is 0 Å². The minimum atomic E-state index is 0.800. The molecule has 0 bridgehead atoms. The third-order valence-corrected chi connectivity index (χ3v) is 3.54. The molecule has 0 aliphatic rings. The van der Waals surface area contributed by atoms with Crippen molar-refractivity contribution in [1.82, 2.24) is 0 Å². The van der Waals surface area contributed by atoms with Crippen LogP contribution < -0.4 is 5.73 Å². The van der Waals surface area contributed by atoms with Gasteiger partial charge in [-0.15, -0.1) is 0 Å². The summed E-state index contributed by atoms with van der Waals surface area (Å²) in [5.41, 5.74) is 7.06. The van der Waals surface area contributed by atoms with E-state index >= 15 is 0 Å². The second kappa shape index (κ2) is 6.66. The van der Waals surface area contributed by atoms with E-state index in [0.29, 0.717) is 0 Å². The van der Waals surface area contributed by atoms with E-state index in [-0.39, 0.29) is 0 Å². The van der Waals surface area contributed by atoms with Crippen LogP contribution in [0.2, 0.25) is 0 Å². The first-order valence-corrected chi connectivity index (χ1v) is 6.35. The van der Waals surface area contributed by atoms with E-state index in [4.69, 9.17) is 5.73 Å². The van der Waals surface area contributed by atoms with Crippen molar-refractivity contribution < 1.29 is 4.48 Å². The molecule has 0 aromatic heterocycles. The molecule has 0 aliphatic heterocycles. The maximum atomic E-state index is 5.63. The molecule has 0 saturated heterocycles. The lowest BCUT2D eigenvalue weighted by Gasteiger charge is -2.37. The molecule has 0 spiro atoms. The third-order valence-electron chi connectivity index (χ3n) is 3.54. The smallest absolute Gasteiger partial charge is 0.104 e. The van der Waals surface area contributed by atoms with Gasteiger partial charge in [-0.1, -0.05) is 30.3 Å². The van der Waals surface area contributed by atoms with E-state index in [1.165, 1.54) is 25.2 Å². The van der Waals surface area contributed by atoms with Crippen LogP contribution in [0.1, 0.15) is 25.8 Å². The quantitative estimate of drug-likeness (QED) is 0.703. The van der Waals surface area contributed by atoms with Gasteiger partial charge in [-0.3, -0.25) is 0 Å². The van der Waals surface area contributed by atoms with Crippen molar-refractivity contribution in [1.29, 1.82) is 0 Å². The maximum absolute atomic E-state index is 5.63. The number of rotatable bonds is 7. The fourth-order valence-corrected chi connectivity index (χ4v) is 2.24. The third kappa shape index (κ3) is 3.62. The summed E-state index contributed by atoms with van der Waals surface area (Å²) in [5.74, 6) is 0. The molecule has 0 unspecified atom stereocenters. The lowest BCUT2D eigenvalue weighted by Crippen LogP contribution is -2.48. The lowest BCUT2D eigenvalue weighted by atomic mass is 10.1. The fourth-order valence-electron chi connectivity index (χ4n) is 2.24.